The van der Waals surface area contributed by atoms with Gasteiger partial charge in [0.2, 0.25) is 0 Å². The van der Waals surface area contributed by atoms with Crippen molar-refractivity contribution in [3.63, 3.8) is 0 Å². The fourth-order valence-corrected chi connectivity index (χ4v) is 5.14. The number of fused-ring (bicyclic) bond motifs is 1. The highest BCUT2D eigenvalue weighted by molar-refractivity contribution is 7.10. The van der Waals surface area contributed by atoms with Gasteiger partial charge in [-0.15, -0.1) is 11.3 Å². The molecule has 0 atom stereocenters. The zero-order valence-corrected chi connectivity index (χ0v) is 15.2. The van der Waals surface area contributed by atoms with Crippen LogP contribution in [-0.4, -0.2) is 37.0 Å². The Morgan fingerprint density at radius 2 is 2.00 bits per heavy atom. The summed E-state index contributed by atoms with van der Waals surface area (Å²) in [4.78, 5) is 16.3. The highest BCUT2D eigenvalue weighted by Gasteiger charge is 2.20. The Labute approximate surface area is 144 Å². The summed E-state index contributed by atoms with van der Waals surface area (Å²) in [7, 11) is 2.24. The summed E-state index contributed by atoms with van der Waals surface area (Å²) in [6.07, 6.45) is 12.7. The molecule has 4 heteroatoms. The molecule has 23 heavy (non-hydrogen) atoms. The van der Waals surface area contributed by atoms with Gasteiger partial charge in [0.15, 0.2) is 0 Å². The fraction of sp³-hybridized carbons (Fsp3) is 0.737. The first kappa shape index (κ1) is 17.0. The number of hydrogen-bond acceptors (Lipinski definition) is 3. The van der Waals surface area contributed by atoms with Crippen molar-refractivity contribution in [2.24, 2.45) is 0 Å². The first-order valence-electron chi connectivity index (χ1n) is 9.33. The molecular formula is C19H30N2OS. The number of carbonyl (C=O) groups excluding carboxylic acids is 1. The van der Waals surface area contributed by atoms with E-state index in [0.717, 1.165) is 37.5 Å². The average molecular weight is 335 g/mol. The number of carbonyl (C=O) groups is 1. The lowest BCUT2D eigenvalue weighted by Crippen LogP contribution is -2.35. The Kier molecular flexibility index (Phi) is 6.12. The predicted octanol–water partition coefficient (Wildman–Crippen LogP) is 4.01. The van der Waals surface area contributed by atoms with Crippen LogP contribution in [0.25, 0.3) is 0 Å². The first-order chi connectivity index (χ1) is 11.3. The quantitative estimate of drug-likeness (QED) is 0.797. The van der Waals surface area contributed by atoms with E-state index in [0.29, 0.717) is 0 Å². The molecule has 1 fully saturated rings. The molecular weight excluding hydrogens is 304 g/mol. The van der Waals surface area contributed by atoms with Crippen LogP contribution < -0.4 is 5.32 Å². The van der Waals surface area contributed by atoms with E-state index in [1.807, 2.05) is 0 Å². The Balaban J connectivity index is 1.40. The second kappa shape index (κ2) is 8.29. The number of thiophene rings is 1. The minimum atomic E-state index is 0.143. The summed E-state index contributed by atoms with van der Waals surface area (Å²) in [5.74, 6) is 0.143. The van der Waals surface area contributed by atoms with Crippen LogP contribution >= 0.6 is 11.3 Å². The standard InChI is InChI=1S/C19H30N2OS/c1-21(15-8-3-2-4-9-15)13-7-12-20-19(22)17-14-23-18-11-6-5-10-16(17)18/h14-15H,2-13H2,1H3,(H,20,22). The smallest absolute Gasteiger partial charge is 0.252 e. The third kappa shape index (κ3) is 4.36. The zero-order chi connectivity index (χ0) is 16.1. The summed E-state index contributed by atoms with van der Waals surface area (Å²) < 4.78 is 0. The van der Waals surface area contributed by atoms with Crippen LogP contribution in [0.2, 0.25) is 0 Å². The van der Waals surface area contributed by atoms with E-state index in [2.05, 4.69) is 22.6 Å². The number of nitrogens with zero attached hydrogens (tertiary/aromatic N) is 1. The van der Waals surface area contributed by atoms with Crippen molar-refractivity contribution >= 4 is 17.2 Å². The van der Waals surface area contributed by atoms with Gasteiger partial charge in [-0.1, -0.05) is 19.3 Å². The number of nitrogens with one attached hydrogen (secondary N) is 1. The third-order valence-electron chi connectivity index (χ3n) is 5.48. The lowest BCUT2D eigenvalue weighted by molar-refractivity contribution is 0.0950. The van der Waals surface area contributed by atoms with E-state index >= 15 is 0 Å². The molecule has 0 spiro atoms. The average Bonchev–Trinajstić information content (AvgIpc) is 3.03. The number of aryl methyl sites for hydroxylation is 1. The van der Waals surface area contributed by atoms with Crippen molar-refractivity contribution in [3.05, 3.63) is 21.4 Å². The van der Waals surface area contributed by atoms with E-state index in [4.69, 9.17) is 0 Å². The SMILES string of the molecule is CN(CCCNC(=O)c1csc2c1CCCC2)C1CCCCC1. The van der Waals surface area contributed by atoms with Gasteiger partial charge in [-0.05, 0) is 64.1 Å². The second-order valence-corrected chi connectivity index (χ2v) is 8.10. The molecule has 2 aliphatic rings. The van der Waals surface area contributed by atoms with Gasteiger partial charge in [-0.25, -0.2) is 0 Å². The Morgan fingerprint density at radius 3 is 2.83 bits per heavy atom. The maximum atomic E-state index is 12.4. The molecule has 1 N–H and O–H groups in total. The van der Waals surface area contributed by atoms with Crippen molar-refractivity contribution in [1.82, 2.24) is 10.2 Å². The van der Waals surface area contributed by atoms with Crippen molar-refractivity contribution in [2.75, 3.05) is 20.1 Å². The Morgan fingerprint density at radius 1 is 1.22 bits per heavy atom. The molecule has 0 saturated heterocycles. The van der Waals surface area contributed by atoms with Crippen LogP contribution in [0.3, 0.4) is 0 Å². The van der Waals surface area contributed by atoms with Crippen molar-refractivity contribution in [2.45, 2.75) is 70.3 Å². The highest BCUT2D eigenvalue weighted by atomic mass is 32.1. The molecule has 0 unspecified atom stereocenters. The first-order valence-corrected chi connectivity index (χ1v) is 10.2. The van der Waals surface area contributed by atoms with Gasteiger partial charge in [-0.2, -0.15) is 0 Å². The molecule has 0 bridgehead atoms. The molecule has 1 saturated carbocycles. The predicted molar refractivity (Wildman–Crippen MR) is 97.4 cm³/mol. The van der Waals surface area contributed by atoms with Gasteiger partial charge in [0.1, 0.15) is 0 Å². The van der Waals surface area contributed by atoms with E-state index in [9.17, 15) is 4.79 Å². The highest BCUT2D eigenvalue weighted by Crippen LogP contribution is 2.30. The maximum Gasteiger partial charge on any atom is 0.252 e. The minimum absolute atomic E-state index is 0.143. The molecule has 0 aromatic carbocycles. The van der Waals surface area contributed by atoms with Crippen molar-refractivity contribution in [1.29, 1.82) is 0 Å². The summed E-state index contributed by atoms with van der Waals surface area (Å²) in [5, 5.41) is 5.20. The monoisotopic (exact) mass is 334 g/mol. The lowest BCUT2D eigenvalue weighted by Gasteiger charge is -2.31. The molecule has 1 amide bonds. The van der Waals surface area contributed by atoms with Crippen LogP contribution in [-0.2, 0) is 12.8 Å². The molecule has 3 rings (SSSR count). The van der Waals surface area contributed by atoms with Gasteiger partial charge in [0.05, 0.1) is 5.56 Å². The fourth-order valence-electron chi connectivity index (χ4n) is 4.01. The molecule has 0 aliphatic heterocycles. The number of amides is 1. The molecule has 1 aromatic rings. The van der Waals surface area contributed by atoms with E-state index in [-0.39, 0.29) is 5.91 Å². The summed E-state index contributed by atoms with van der Waals surface area (Å²) in [5.41, 5.74) is 2.28. The normalized spacial score (nSPS) is 18.9. The van der Waals surface area contributed by atoms with Crippen LogP contribution in [0.5, 0.6) is 0 Å². The van der Waals surface area contributed by atoms with Crippen LogP contribution in [0.1, 0.15) is 72.2 Å². The lowest BCUT2D eigenvalue weighted by atomic mass is 9.94. The Bertz CT molecular complexity index is 519. The van der Waals surface area contributed by atoms with Crippen LogP contribution in [0.15, 0.2) is 5.38 Å². The largest absolute Gasteiger partial charge is 0.352 e. The van der Waals surface area contributed by atoms with Gasteiger partial charge in [0, 0.05) is 22.8 Å². The molecule has 1 aromatic heterocycles. The Hall–Kier alpha value is -0.870. The molecule has 3 nitrogen and oxygen atoms in total. The van der Waals surface area contributed by atoms with Crippen LogP contribution in [0.4, 0.5) is 0 Å². The van der Waals surface area contributed by atoms with Crippen LogP contribution in [0, 0.1) is 0 Å². The number of hydrogen-bond donors (Lipinski definition) is 1. The topological polar surface area (TPSA) is 32.3 Å². The molecule has 128 valence electrons. The van der Waals surface area contributed by atoms with Gasteiger partial charge >= 0.3 is 0 Å². The van der Waals surface area contributed by atoms with E-state index in [1.54, 1.807) is 11.3 Å². The van der Waals surface area contributed by atoms with Crippen molar-refractivity contribution in [3.8, 4) is 0 Å². The molecule has 2 aliphatic carbocycles. The zero-order valence-electron chi connectivity index (χ0n) is 14.4. The molecule has 1 heterocycles. The van der Waals surface area contributed by atoms with E-state index < -0.39 is 0 Å². The van der Waals surface area contributed by atoms with Crippen molar-refractivity contribution < 1.29 is 4.79 Å². The van der Waals surface area contributed by atoms with E-state index in [1.165, 1.54) is 61.8 Å². The summed E-state index contributed by atoms with van der Waals surface area (Å²) in [6, 6.07) is 0.767. The number of rotatable bonds is 6. The maximum absolute atomic E-state index is 12.4. The second-order valence-electron chi connectivity index (χ2n) is 7.14. The molecule has 0 radical (unpaired) electrons. The summed E-state index contributed by atoms with van der Waals surface area (Å²) in [6.45, 7) is 1.88. The minimum Gasteiger partial charge on any atom is -0.352 e. The summed E-state index contributed by atoms with van der Waals surface area (Å²) >= 11 is 1.77. The van der Waals surface area contributed by atoms with Gasteiger partial charge in [0.25, 0.3) is 5.91 Å². The van der Waals surface area contributed by atoms with Gasteiger partial charge < -0.3 is 10.2 Å². The third-order valence-corrected chi connectivity index (χ3v) is 6.57. The van der Waals surface area contributed by atoms with Gasteiger partial charge in [-0.3, -0.25) is 4.79 Å².